The summed E-state index contributed by atoms with van der Waals surface area (Å²) in [5.74, 6) is 0. The van der Waals surface area contributed by atoms with Crippen LogP contribution >= 0.6 is 0 Å². The van der Waals surface area contributed by atoms with E-state index in [-0.39, 0.29) is 6.04 Å². The highest BCUT2D eigenvalue weighted by Gasteiger charge is 2.16. The van der Waals surface area contributed by atoms with Crippen LogP contribution in [0.5, 0.6) is 0 Å². The van der Waals surface area contributed by atoms with E-state index in [1.807, 2.05) is 0 Å². The van der Waals surface area contributed by atoms with Gasteiger partial charge in [0.25, 0.3) is 0 Å². The molecule has 0 bridgehead atoms. The summed E-state index contributed by atoms with van der Waals surface area (Å²) in [7, 11) is 0.676. The second kappa shape index (κ2) is 9.98. The molecule has 0 aliphatic rings. The molecule has 0 aliphatic carbocycles. The van der Waals surface area contributed by atoms with Gasteiger partial charge >= 0.3 is 0 Å². The van der Waals surface area contributed by atoms with Crippen molar-refractivity contribution in [2.45, 2.75) is 57.9 Å². The highest BCUT2D eigenvalue weighted by atomic mass is 28.3. The molecule has 0 unspecified atom stereocenters. The number of hydrogen-bond acceptors (Lipinski definition) is 2. The van der Waals surface area contributed by atoms with Gasteiger partial charge < -0.3 is 10.1 Å². The smallest absolute Gasteiger partial charge is 0.0682 e. The molecule has 2 atom stereocenters. The fourth-order valence-corrected chi connectivity index (χ4v) is 3.42. The van der Waals surface area contributed by atoms with Gasteiger partial charge in [0, 0.05) is 13.2 Å². The van der Waals surface area contributed by atoms with Crippen LogP contribution in [-0.2, 0) is 4.74 Å². The molecule has 22 heavy (non-hydrogen) atoms. The van der Waals surface area contributed by atoms with Crippen molar-refractivity contribution >= 4 is 8.07 Å². The summed E-state index contributed by atoms with van der Waals surface area (Å²) in [6.45, 7) is 10.1. The van der Waals surface area contributed by atoms with Crippen LogP contribution in [0.4, 0.5) is 0 Å². The Morgan fingerprint density at radius 2 is 1.86 bits per heavy atom. The average molecular weight is 320 g/mol. The van der Waals surface area contributed by atoms with Crippen LogP contribution in [-0.4, -0.2) is 27.8 Å². The summed E-state index contributed by atoms with van der Waals surface area (Å²) in [6, 6.07) is 11.4. The lowest BCUT2D eigenvalue weighted by Gasteiger charge is -2.25. The summed E-state index contributed by atoms with van der Waals surface area (Å²) < 4.78 is 5.42. The summed E-state index contributed by atoms with van der Waals surface area (Å²) in [5, 5.41) is 3.80. The van der Waals surface area contributed by atoms with Gasteiger partial charge in [0.15, 0.2) is 0 Å². The molecule has 3 heteroatoms. The zero-order valence-electron chi connectivity index (χ0n) is 14.9. The van der Waals surface area contributed by atoms with Gasteiger partial charge in [0.05, 0.1) is 20.7 Å². The molecule has 1 N–H and O–H groups in total. The third-order valence-corrected chi connectivity index (χ3v) is 4.88. The van der Waals surface area contributed by atoms with E-state index in [4.69, 9.17) is 4.74 Å². The van der Waals surface area contributed by atoms with Crippen molar-refractivity contribution in [1.29, 1.82) is 0 Å². The maximum Gasteiger partial charge on any atom is 0.0682 e. The summed E-state index contributed by atoms with van der Waals surface area (Å²) >= 11 is 0. The van der Waals surface area contributed by atoms with E-state index in [1.165, 1.54) is 18.4 Å². The van der Waals surface area contributed by atoms with Crippen LogP contribution in [0.15, 0.2) is 42.1 Å². The minimum Gasteiger partial charge on any atom is -0.383 e. The van der Waals surface area contributed by atoms with Crippen LogP contribution in [0.2, 0.25) is 19.6 Å². The minimum atomic E-state index is -1.10. The van der Waals surface area contributed by atoms with Crippen LogP contribution in [0.25, 0.3) is 0 Å². The summed E-state index contributed by atoms with van der Waals surface area (Å²) in [4.78, 5) is 0. The second-order valence-electron chi connectivity index (χ2n) is 7.07. The Bertz CT molecular complexity index is 425. The fourth-order valence-electron chi connectivity index (χ4n) is 2.58. The lowest BCUT2D eigenvalue weighted by atomic mass is 10.0. The minimum absolute atomic E-state index is 0.267. The molecule has 0 aliphatic heterocycles. The number of nitrogens with one attached hydrogen (secondary N) is 1. The molecule has 0 fully saturated rings. The first-order chi connectivity index (χ1) is 10.5. The molecule has 1 aromatic rings. The zero-order chi connectivity index (χ0) is 16.4. The summed E-state index contributed by atoms with van der Waals surface area (Å²) in [6.07, 6.45) is 5.88. The van der Waals surface area contributed by atoms with E-state index in [1.54, 1.807) is 7.11 Å². The van der Waals surface area contributed by atoms with Crippen molar-refractivity contribution in [3.8, 4) is 0 Å². The van der Waals surface area contributed by atoms with Crippen LogP contribution in [0.1, 0.15) is 37.8 Å². The average Bonchev–Trinajstić information content (AvgIpc) is 2.46. The fraction of sp³-hybridized carbons (Fsp3) is 0.579. The molecule has 2 nitrogen and oxygen atoms in total. The normalized spacial score (nSPS) is 15.1. The molecule has 1 rings (SSSR count). The van der Waals surface area contributed by atoms with Crippen molar-refractivity contribution < 1.29 is 4.74 Å². The quantitative estimate of drug-likeness (QED) is 0.616. The van der Waals surface area contributed by atoms with Crippen molar-refractivity contribution in [3.63, 3.8) is 0 Å². The maximum absolute atomic E-state index is 5.42. The zero-order valence-corrected chi connectivity index (χ0v) is 15.9. The van der Waals surface area contributed by atoms with Crippen molar-refractivity contribution in [2.75, 3.05) is 13.7 Å². The first kappa shape index (κ1) is 19.1. The molecular formula is C19H33NOSi. The molecule has 1 aromatic carbocycles. The Morgan fingerprint density at radius 1 is 1.18 bits per heavy atom. The molecular weight excluding hydrogens is 286 g/mol. The van der Waals surface area contributed by atoms with Crippen LogP contribution in [0.3, 0.4) is 0 Å². The summed E-state index contributed by atoms with van der Waals surface area (Å²) in [5.41, 5.74) is 3.75. The molecule has 0 saturated heterocycles. The Labute approximate surface area is 138 Å². The molecule has 0 saturated carbocycles. The lowest BCUT2D eigenvalue weighted by Crippen LogP contribution is -2.35. The van der Waals surface area contributed by atoms with Crippen LogP contribution in [0, 0.1) is 0 Å². The number of rotatable bonds is 10. The maximum atomic E-state index is 5.42. The van der Waals surface area contributed by atoms with E-state index in [0.717, 1.165) is 6.42 Å². The molecule has 0 aromatic heterocycles. The van der Waals surface area contributed by atoms with Gasteiger partial charge in [-0.25, -0.2) is 0 Å². The van der Waals surface area contributed by atoms with E-state index in [0.29, 0.717) is 12.6 Å². The predicted molar refractivity (Wildman–Crippen MR) is 100.0 cm³/mol. The van der Waals surface area contributed by atoms with Gasteiger partial charge in [-0.1, -0.05) is 75.1 Å². The third kappa shape index (κ3) is 7.92. The SMILES string of the molecule is CCC[C@@H](C/C=C/[Si](C)(C)C)N[C@@H](COC)c1ccccc1. The molecule has 0 spiro atoms. The third-order valence-electron chi connectivity index (χ3n) is 3.65. The number of benzene rings is 1. The number of methoxy groups -OCH3 is 1. The topological polar surface area (TPSA) is 21.3 Å². The molecule has 0 heterocycles. The van der Waals surface area contributed by atoms with Gasteiger partial charge in [-0.3, -0.25) is 0 Å². The highest BCUT2D eigenvalue weighted by Crippen LogP contribution is 2.17. The largest absolute Gasteiger partial charge is 0.383 e. The van der Waals surface area contributed by atoms with Crippen molar-refractivity contribution in [2.24, 2.45) is 0 Å². The van der Waals surface area contributed by atoms with Gasteiger partial charge in [-0.15, -0.1) is 0 Å². The Morgan fingerprint density at radius 3 is 2.41 bits per heavy atom. The van der Waals surface area contributed by atoms with E-state index in [2.05, 4.69) is 74.0 Å². The van der Waals surface area contributed by atoms with Crippen LogP contribution < -0.4 is 5.32 Å². The van der Waals surface area contributed by atoms with Crippen molar-refractivity contribution in [3.05, 3.63) is 47.7 Å². The van der Waals surface area contributed by atoms with Crippen molar-refractivity contribution in [1.82, 2.24) is 5.32 Å². The number of ether oxygens (including phenoxy) is 1. The van der Waals surface area contributed by atoms with Gasteiger partial charge in [0.2, 0.25) is 0 Å². The number of hydrogen-bond donors (Lipinski definition) is 1. The van der Waals surface area contributed by atoms with Gasteiger partial charge in [-0.2, -0.15) is 0 Å². The lowest BCUT2D eigenvalue weighted by molar-refractivity contribution is 0.160. The molecule has 0 radical (unpaired) electrons. The standard InChI is InChI=1S/C19H33NOSi/c1-6-11-18(14-10-15-22(3,4)5)20-19(16-21-2)17-12-8-7-9-13-17/h7-10,12-13,15,18-20H,6,11,14,16H2,1-5H3/b15-10+/t18-,19-/m0/s1. The second-order valence-corrected chi connectivity index (χ2v) is 12.1. The Kier molecular flexibility index (Phi) is 8.69. The van der Waals surface area contributed by atoms with E-state index in [9.17, 15) is 0 Å². The van der Waals surface area contributed by atoms with E-state index < -0.39 is 8.07 Å². The van der Waals surface area contributed by atoms with E-state index >= 15 is 0 Å². The molecule has 124 valence electrons. The van der Waals surface area contributed by atoms with Gasteiger partial charge in [0.1, 0.15) is 0 Å². The first-order valence-corrected chi connectivity index (χ1v) is 12.0. The highest BCUT2D eigenvalue weighted by molar-refractivity contribution is 6.80. The van der Waals surface area contributed by atoms with Gasteiger partial charge in [-0.05, 0) is 18.4 Å². The monoisotopic (exact) mass is 319 g/mol. The Balaban J connectivity index is 2.71. The molecule has 0 amide bonds. The first-order valence-electron chi connectivity index (χ1n) is 8.44. The Hall–Kier alpha value is -0.903. The predicted octanol–water partition coefficient (Wildman–Crippen LogP) is 4.96.